The fourth-order valence-corrected chi connectivity index (χ4v) is 9.93. The molecule has 0 aliphatic carbocycles. The van der Waals surface area contributed by atoms with Crippen LogP contribution in [0.1, 0.15) is 108 Å². The Labute approximate surface area is 497 Å². The van der Waals surface area contributed by atoms with Crippen LogP contribution in [0.25, 0.3) is 0 Å². The SMILES string of the molecule is CNC(CC(C)=O)C(=O)N[C@@H](C)C(=O)NC(CCC(=O)O)C(=O)N[C@@H](Cc1ccccc1)C(=O)NC(CCCNC(=N)N)C(=O)N[C@@H](CCCCNC(=O)c1ccc2c(c1)C1(OC2=O)c2ccc(N(C)C)cc2Oc2cc(N(C)C)ccc21)C(=O)O. The predicted octanol–water partition coefficient (Wildman–Crippen LogP) is 1.75. The molecule has 0 fully saturated rings. The molecule has 86 heavy (non-hydrogen) atoms. The minimum absolute atomic E-state index is 0.0775. The lowest BCUT2D eigenvalue weighted by atomic mass is 9.77. The number of nitrogens with zero attached hydrogens (tertiary/aromatic N) is 2. The van der Waals surface area contributed by atoms with Gasteiger partial charge in [-0.3, -0.25) is 43.8 Å². The molecule has 6 atom stereocenters. The first kappa shape index (κ1) is 65.6. The van der Waals surface area contributed by atoms with Gasteiger partial charge in [0.25, 0.3) is 5.91 Å². The number of Topliss-reactive ketones (excluding diaryl/α,β-unsaturated/α-hetero) is 1. The molecule has 4 aromatic rings. The zero-order chi connectivity index (χ0) is 63.0. The molecule has 0 bridgehead atoms. The van der Waals surface area contributed by atoms with Crippen LogP contribution in [0.15, 0.2) is 84.9 Å². The van der Waals surface area contributed by atoms with Gasteiger partial charge < -0.3 is 77.8 Å². The van der Waals surface area contributed by atoms with Gasteiger partial charge >= 0.3 is 17.9 Å². The molecule has 6 amide bonds. The fourth-order valence-electron chi connectivity index (χ4n) is 9.93. The van der Waals surface area contributed by atoms with Crippen LogP contribution in [-0.4, -0.2) is 160 Å². The van der Waals surface area contributed by atoms with Crippen molar-refractivity contribution in [1.82, 2.24) is 42.5 Å². The van der Waals surface area contributed by atoms with Crippen molar-refractivity contribution in [2.45, 2.75) is 113 Å². The van der Waals surface area contributed by atoms with E-state index >= 15 is 0 Å². The molecule has 2 aliphatic heterocycles. The molecule has 0 saturated heterocycles. The molecule has 0 aromatic heterocycles. The maximum atomic E-state index is 14.4. The third-order valence-corrected chi connectivity index (χ3v) is 14.6. The lowest BCUT2D eigenvalue weighted by Crippen LogP contribution is -2.59. The molecule has 26 nitrogen and oxygen atoms in total. The number of carbonyl (C=O) groups is 10. The number of nitrogens with two attached hydrogens (primary N) is 1. The van der Waals surface area contributed by atoms with Crippen molar-refractivity contribution in [2.75, 3.05) is 58.1 Å². The number of hydrogen-bond acceptors (Lipinski definition) is 16. The standard InChI is InChI=1S/C60H76N12O14/c1-33(73)28-46(63-3)55(80)66-34(2)51(76)67-44(24-25-50(74)75)54(79)70-47(29-35-14-9-8-10-15-35)56(81)68-43(17-13-27-65-59(61)62)53(78)69-45(57(82)83)16-11-12-26-64-52(77)36-18-21-39-42(30-36)60(86-58(39)84)40-22-19-37(71(4)5)31-48(40)85-49-32-38(72(6)7)20-23-41(49)60/h8-10,14-15,18-23,30-32,34,43-47,63H,11-13,16-17,24-29H2,1-7H3,(H,64,77)(H,66,80)(H,67,76)(H,68,81)(H,69,78)(H,70,79)(H,74,75)(H,82,83)(H4,61,62,65)/t34-,43?,44?,45-,46?,47-/m0/s1. The highest BCUT2D eigenvalue weighted by Crippen LogP contribution is 2.57. The Kier molecular flexibility index (Phi) is 22.7. The molecule has 460 valence electrons. The second-order valence-corrected chi connectivity index (χ2v) is 21.5. The topological polar surface area (TPSA) is 382 Å². The second kappa shape index (κ2) is 29.8. The third-order valence-electron chi connectivity index (χ3n) is 14.6. The summed E-state index contributed by atoms with van der Waals surface area (Å²) in [4.78, 5) is 136. The van der Waals surface area contributed by atoms with Gasteiger partial charge in [0.1, 0.15) is 47.5 Å². The lowest BCUT2D eigenvalue weighted by Gasteiger charge is -2.37. The number of fused-ring (bicyclic) bond motifs is 6. The zero-order valence-corrected chi connectivity index (χ0v) is 49.1. The van der Waals surface area contributed by atoms with E-state index < -0.39 is 108 Å². The number of benzene rings is 4. The number of aliphatic carboxylic acids is 2. The summed E-state index contributed by atoms with van der Waals surface area (Å²) in [7, 11) is 9.03. The van der Waals surface area contributed by atoms with E-state index in [1.54, 1.807) is 42.5 Å². The summed E-state index contributed by atoms with van der Waals surface area (Å²) in [5.74, 6) is -7.84. The first-order valence-electron chi connectivity index (χ1n) is 28.1. The minimum Gasteiger partial charge on any atom is -0.481 e. The van der Waals surface area contributed by atoms with Gasteiger partial charge in [0.15, 0.2) is 11.6 Å². The lowest BCUT2D eigenvalue weighted by molar-refractivity contribution is -0.142. The maximum Gasteiger partial charge on any atom is 0.340 e. The Balaban J connectivity index is 1.13. The maximum absolute atomic E-state index is 14.4. The molecule has 0 saturated carbocycles. The largest absolute Gasteiger partial charge is 0.481 e. The van der Waals surface area contributed by atoms with Crippen LogP contribution < -0.4 is 62.8 Å². The summed E-state index contributed by atoms with van der Waals surface area (Å²) in [5, 5.41) is 48.2. The van der Waals surface area contributed by atoms with E-state index in [0.29, 0.717) is 33.8 Å². The zero-order valence-electron chi connectivity index (χ0n) is 49.1. The quantitative estimate of drug-likeness (QED) is 0.0148. The van der Waals surface area contributed by atoms with Gasteiger partial charge in [0.2, 0.25) is 29.5 Å². The van der Waals surface area contributed by atoms with Crippen LogP contribution in [0.2, 0.25) is 0 Å². The molecular formula is C60H76N12O14. The van der Waals surface area contributed by atoms with Crippen molar-refractivity contribution < 1.29 is 67.6 Å². The Bertz CT molecular complexity index is 3150. The number of nitrogens with one attached hydrogen (secondary N) is 9. The summed E-state index contributed by atoms with van der Waals surface area (Å²) in [6.45, 7) is 2.77. The van der Waals surface area contributed by atoms with Crippen molar-refractivity contribution in [3.8, 4) is 11.5 Å². The first-order valence-corrected chi connectivity index (χ1v) is 28.1. The van der Waals surface area contributed by atoms with Crippen molar-refractivity contribution in [2.24, 2.45) is 5.73 Å². The first-order chi connectivity index (χ1) is 40.8. The highest BCUT2D eigenvalue weighted by atomic mass is 16.6. The van der Waals surface area contributed by atoms with E-state index in [0.717, 1.165) is 11.4 Å². The van der Waals surface area contributed by atoms with Crippen LogP contribution in [0.5, 0.6) is 11.5 Å². The summed E-state index contributed by atoms with van der Waals surface area (Å²) < 4.78 is 12.8. The second-order valence-electron chi connectivity index (χ2n) is 21.5. The average Bonchev–Trinajstić information content (AvgIpc) is 1.44. The monoisotopic (exact) mass is 1190 g/mol. The highest BCUT2D eigenvalue weighted by molar-refractivity contribution is 6.01. The number of hydrogen-bond donors (Lipinski definition) is 12. The van der Waals surface area contributed by atoms with Gasteiger partial charge in [-0.15, -0.1) is 0 Å². The van der Waals surface area contributed by atoms with E-state index in [4.69, 9.17) is 20.6 Å². The van der Waals surface area contributed by atoms with Crippen LogP contribution >= 0.6 is 0 Å². The van der Waals surface area contributed by atoms with Crippen molar-refractivity contribution in [3.05, 3.63) is 118 Å². The van der Waals surface area contributed by atoms with Crippen LogP contribution in [0, 0.1) is 5.41 Å². The molecule has 6 rings (SSSR count). The van der Waals surface area contributed by atoms with E-state index in [2.05, 4.69) is 42.5 Å². The van der Waals surface area contributed by atoms with Gasteiger partial charge in [-0.05, 0) is 107 Å². The molecule has 1 spiro atoms. The Morgan fingerprint density at radius 3 is 1.74 bits per heavy atom. The van der Waals surface area contributed by atoms with Crippen molar-refractivity contribution in [1.29, 1.82) is 5.41 Å². The number of ketones is 1. The Morgan fingerprint density at radius 2 is 1.17 bits per heavy atom. The number of carbonyl (C=O) groups excluding carboxylic acids is 8. The molecule has 2 aliphatic rings. The molecule has 0 radical (unpaired) electrons. The number of unbranched alkanes of at least 4 members (excludes halogenated alkanes) is 1. The number of ether oxygens (including phenoxy) is 2. The number of likely N-dealkylation sites (N-methyl/N-ethyl adjacent to an activating group) is 1. The van der Waals surface area contributed by atoms with E-state index in [9.17, 15) is 58.2 Å². The number of anilines is 2. The van der Waals surface area contributed by atoms with E-state index in [1.807, 2.05) is 74.4 Å². The fraction of sp³-hybridized carbons (Fsp3) is 0.417. The number of carboxylic acid groups (broad SMARTS) is 2. The Morgan fingerprint density at radius 1 is 0.628 bits per heavy atom. The van der Waals surface area contributed by atoms with Gasteiger partial charge in [-0.1, -0.05) is 30.3 Å². The number of amides is 6. The van der Waals surface area contributed by atoms with Gasteiger partial charge in [0, 0.05) is 106 Å². The van der Waals surface area contributed by atoms with E-state index in [-0.39, 0.29) is 80.9 Å². The minimum atomic E-state index is -1.55. The molecule has 3 unspecified atom stereocenters. The molecule has 4 aromatic carbocycles. The van der Waals surface area contributed by atoms with Crippen molar-refractivity contribution >= 4 is 76.5 Å². The van der Waals surface area contributed by atoms with E-state index in [1.165, 1.54) is 27.0 Å². The van der Waals surface area contributed by atoms with Crippen LogP contribution in [-0.2, 0) is 55.1 Å². The van der Waals surface area contributed by atoms with Crippen LogP contribution in [0.3, 0.4) is 0 Å². The van der Waals surface area contributed by atoms with Gasteiger partial charge in [0.05, 0.1) is 11.6 Å². The highest BCUT2D eigenvalue weighted by Gasteiger charge is 2.54. The smallest absolute Gasteiger partial charge is 0.340 e. The summed E-state index contributed by atoms with van der Waals surface area (Å²) in [5.41, 5.74) is 8.33. The number of rotatable bonds is 31. The summed E-state index contributed by atoms with van der Waals surface area (Å²) >= 11 is 0. The molecule has 2 heterocycles. The normalized spacial score (nSPS) is 14.5. The molecular weight excluding hydrogens is 1110 g/mol. The number of guanidine groups is 1. The van der Waals surface area contributed by atoms with Gasteiger partial charge in [-0.25, -0.2) is 9.59 Å². The van der Waals surface area contributed by atoms with Gasteiger partial charge in [-0.2, -0.15) is 0 Å². The third kappa shape index (κ3) is 16.8. The molecule has 26 heteroatoms. The summed E-state index contributed by atoms with van der Waals surface area (Å²) in [6, 6.07) is 16.1. The summed E-state index contributed by atoms with van der Waals surface area (Å²) in [6.07, 6.45) is -1.02. The van der Waals surface area contributed by atoms with Crippen LogP contribution in [0.4, 0.5) is 11.4 Å². The van der Waals surface area contributed by atoms with Crippen molar-refractivity contribution in [3.63, 3.8) is 0 Å². The molecule has 13 N–H and O–H groups in total. The number of carboxylic acids is 2. The predicted molar refractivity (Wildman–Crippen MR) is 317 cm³/mol. The number of esters is 1. The average molecular weight is 1190 g/mol. The Hall–Kier alpha value is -9.59.